The molecular weight excluding hydrogens is 182 g/mol. The van der Waals surface area contributed by atoms with Crippen molar-refractivity contribution in [3.63, 3.8) is 0 Å². The largest absolute Gasteiger partial charge is 0.367 e. The van der Waals surface area contributed by atoms with Gasteiger partial charge in [0.25, 0.3) is 0 Å². The fraction of sp³-hybridized carbons (Fsp3) is 0.286. The third-order valence-electron chi connectivity index (χ3n) is 2.79. The highest BCUT2D eigenvalue weighted by Crippen LogP contribution is 2.24. The van der Waals surface area contributed by atoms with E-state index in [4.69, 9.17) is 0 Å². The van der Waals surface area contributed by atoms with Gasteiger partial charge in [0, 0.05) is 6.20 Å². The van der Waals surface area contributed by atoms with Gasteiger partial charge in [-0.1, -0.05) is 36.8 Å². The maximum absolute atomic E-state index is 3.19. The molecule has 15 heavy (non-hydrogen) atoms. The molecule has 2 rings (SSSR count). The van der Waals surface area contributed by atoms with Crippen LogP contribution in [0.1, 0.15) is 31.4 Å². The van der Waals surface area contributed by atoms with Crippen LogP contribution in [0.4, 0.5) is 0 Å². The Morgan fingerprint density at radius 1 is 1.13 bits per heavy atom. The Bertz CT molecular complexity index is 396. The van der Waals surface area contributed by atoms with Crippen molar-refractivity contribution in [2.75, 3.05) is 0 Å². The van der Waals surface area contributed by atoms with Gasteiger partial charge in [-0.2, -0.15) is 0 Å². The van der Waals surface area contributed by atoms with E-state index < -0.39 is 0 Å². The maximum Gasteiger partial charge on any atom is 0.00460 e. The van der Waals surface area contributed by atoms with Gasteiger partial charge in [-0.25, -0.2) is 0 Å². The molecule has 0 unspecified atom stereocenters. The first-order chi connectivity index (χ1) is 7.29. The van der Waals surface area contributed by atoms with Crippen LogP contribution in [0.15, 0.2) is 42.2 Å². The Kier molecular flexibility index (Phi) is 2.91. The van der Waals surface area contributed by atoms with Gasteiger partial charge in [-0.15, -0.1) is 0 Å². The minimum atomic E-state index is 1.05. The second-order valence-corrected chi connectivity index (χ2v) is 4.05. The molecule has 0 spiro atoms. The second-order valence-electron chi connectivity index (χ2n) is 4.05. The molecule has 1 aromatic carbocycles. The van der Waals surface area contributed by atoms with Crippen LogP contribution >= 0.6 is 0 Å². The highest BCUT2D eigenvalue weighted by atomic mass is 14.8. The van der Waals surface area contributed by atoms with Crippen LogP contribution in [0.25, 0.3) is 5.57 Å². The summed E-state index contributed by atoms with van der Waals surface area (Å²) in [6.45, 7) is 4.34. The Balaban J connectivity index is 2.19. The molecule has 1 aliphatic rings. The third-order valence-corrected chi connectivity index (χ3v) is 2.79. The molecule has 78 valence electrons. The summed E-state index contributed by atoms with van der Waals surface area (Å²) < 4.78 is 0. The average Bonchev–Trinajstić information content (AvgIpc) is 2.29. The van der Waals surface area contributed by atoms with E-state index in [0.717, 1.165) is 12.8 Å². The Morgan fingerprint density at radius 2 is 1.87 bits per heavy atom. The minimum Gasteiger partial charge on any atom is -0.367 e. The van der Waals surface area contributed by atoms with Gasteiger partial charge in [0.1, 0.15) is 0 Å². The van der Waals surface area contributed by atoms with E-state index in [1.807, 2.05) is 0 Å². The van der Waals surface area contributed by atoms with Crippen molar-refractivity contribution in [3.05, 3.63) is 53.4 Å². The van der Waals surface area contributed by atoms with Crippen LogP contribution in [0.2, 0.25) is 0 Å². The molecule has 0 aliphatic carbocycles. The molecule has 0 radical (unpaired) electrons. The van der Waals surface area contributed by atoms with Crippen LogP contribution in [-0.2, 0) is 6.42 Å². The fourth-order valence-corrected chi connectivity index (χ4v) is 1.83. The lowest BCUT2D eigenvalue weighted by Crippen LogP contribution is -2.03. The van der Waals surface area contributed by atoms with Gasteiger partial charge in [-0.05, 0) is 42.7 Å². The number of dihydropyridines is 1. The highest BCUT2D eigenvalue weighted by Gasteiger charge is 2.05. The van der Waals surface area contributed by atoms with Gasteiger partial charge < -0.3 is 5.32 Å². The Morgan fingerprint density at radius 3 is 2.47 bits per heavy atom. The van der Waals surface area contributed by atoms with Crippen LogP contribution < -0.4 is 5.32 Å². The molecule has 1 N–H and O–H groups in total. The van der Waals surface area contributed by atoms with E-state index in [-0.39, 0.29) is 0 Å². The molecule has 0 aromatic heterocycles. The number of allylic oxidation sites excluding steroid dienone is 2. The van der Waals surface area contributed by atoms with Crippen molar-refractivity contribution in [3.8, 4) is 0 Å². The SMILES string of the molecule is CCc1ccc(C2=CNC=C(C)C2)cc1. The lowest BCUT2D eigenvalue weighted by molar-refractivity contribution is 1.05. The number of hydrogen-bond acceptors (Lipinski definition) is 1. The molecule has 0 bridgehead atoms. The lowest BCUT2D eigenvalue weighted by Gasteiger charge is -2.13. The lowest BCUT2D eigenvalue weighted by atomic mass is 9.97. The Labute approximate surface area is 91.5 Å². The van der Waals surface area contributed by atoms with Crippen LogP contribution in [0.3, 0.4) is 0 Å². The maximum atomic E-state index is 3.19. The minimum absolute atomic E-state index is 1.05. The number of aryl methyl sites for hydroxylation is 1. The predicted molar refractivity (Wildman–Crippen MR) is 65.3 cm³/mol. The summed E-state index contributed by atoms with van der Waals surface area (Å²) >= 11 is 0. The topological polar surface area (TPSA) is 12.0 Å². The first kappa shape index (κ1) is 10.0. The molecule has 0 fully saturated rings. The third kappa shape index (κ3) is 2.30. The molecule has 1 aliphatic heterocycles. The quantitative estimate of drug-likeness (QED) is 0.768. The summed E-state index contributed by atoms with van der Waals surface area (Å²) in [5.74, 6) is 0. The van der Waals surface area contributed by atoms with E-state index in [9.17, 15) is 0 Å². The van der Waals surface area contributed by atoms with Gasteiger partial charge in [0.2, 0.25) is 0 Å². The van der Waals surface area contributed by atoms with Gasteiger partial charge in [0.15, 0.2) is 0 Å². The van der Waals surface area contributed by atoms with Crippen molar-refractivity contribution >= 4 is 5.57 Å². The van der Waals surface area contributed by atoms with E-state index in [2.05, 4.69) is 55.8 Å². The molecule has 1 heterocycles. The van der Waals surface area contributed by atoms with E-state index in [1.165, 1.54) is 22.3 Å². The fourth-order valence-electron chi connectivity index (χ4n) is 1.83. The standard InChI is InChI=1S/C14H17N/c1-3-12-4-6-13(7-5-12)14-8-11(2)9-15-10-14/h4-7,9-10,15H,3,8H2,1-2H3. The van der Waals surface area contributed by atoms with E-state index >= 15 is 0 Å². The zero-order valence-corrected chi connectivity index (χ0v) is 9.38. The number of rotatable bonds is 2. The summed E-state index contributed by atoms with van der Waals surface area (Å²) in [6, 6.07) is 8.85. The van der Waals surface area contributed by atoms with Gasteiger partial charge in [0.05, 0.1) is 0 Å². The summed E-state index contributed by atoms with van der Waals surface area (Å²) in [5, 5.41) is 3.19. The molecule has 1 heteroatoms. The second kappa shape index (κ2) is 4.35. The molecule has 1 nitrogen and oxygen atoms in total. The number of nitrogens with one attached hydrogen (secondary N) is 1. The summed E-state index contributed by atoms with van der Waals surface area (Å²) in [7, 11) is 0. The average molecular weight is 199 g/mol. The van der Waals surface area contributed by atoms with Crippen LogP contribution in [0.5, 0.6) is 0 Å². The highest BCUT2D eigenvalue weighted by molar-refractivity contribution is 5.68. The summed E-state index contributed by atoms with van der Waals surface area (Å²) in [6.07, 6.45) is 6.31. The molecular formula is C14H17N. The first-order valence-electron chi connectivity index (χ1n) is 5.49. The van der Waals surface area contributed by atoms with Crippen molar-refractivity contribution < 1.29 is 0 Å². The monoisotopic (exact) mass is 199 g/mol. The van der Waals surface area contributed by atoms with Gasteiger partial charge in [-0.3, -0.25) is 0 Å². The molecule has 0 saturated carbocycles. The van der Waals surface area contributed by atoms with Gasteiger partial charge >= 0.3 is 0 Å². The molecule has 1 aromatic rings. The molecule has 0 atom stereocenters. The summed E-state index contributed by atoms with van der Waals surface area (Å²) in [4.78, 5) is 0. The number of benzene rings is 1. The van der Waals surface area contributed by atoms with E-state index in [1.54, 1.807) is 0 Å². The van der Waals surface area contributed by atoms with Crippen molar-refractivity contribution in [2.45, 2.75) is 26.7 Å². The summed E-state index contributed by atoms with van der Waals surface area (Å²) in [5.41, 5.74) is 5.48. The van der Waals surface area contributed by atoms with Crippen LogP contribution in [-0.4, -0.2) is 0 Å². The Hall–Kier alpha value is -1.50. The van der Waals surface area contributed by atoms with Crippen molar-refractivity contribution in [2.24, 2.45) is 0 Å². The zero-order chi connectivity index (χ0) is 10.7. The molecule has 0 amide bonds. The molecule has 0 saturated heterocycles. The smallest absolute Gasteiger partial charge is 0.00460 e. The zero-order valence-electron chi connectivity index (χ0n) is 9.38. The number of hydrogen-bond donors (Lipinski definition) is 1. The normalized spacial score (nSPS) is 15.3. The van der Waals surface area contributed by atoms with Crippen molar-refractivity contribution in [1.82, 2.24) is 5.32 Å². The van der Waals surface area contributed by atoms with Crippen molar-refractivity contribution in [1.29, 1.82) is 0 Å². The first-order valence-corrected chi connectivity index (χ1v) is 5.49. The predicted octanol–water partition coefficient (Wildman–Crippen LogP) is 3.49. The van der Waals surface area contributed by atoms with E-state index in [0.29, 0.717) is 0 Å². The van der Waals surface area contributed by atoms with Crippen LogP contribution in [0, 0.1) is 0 Å².